The molecule has 2 rings (SSSR count). The second kappa shape index (κ2) is 6.08. The maximum Gasteiger partial charge on any atom is 0.252 e. The zero-order valence-electron chi connectivity index (χ0n) is 9.99. The predicted octanol–water partition coefficient (Wildman–Crippen LogP) is 3.61. The second-order valence-electron chi connectivity index (χ2n) is 4.05. The van der Waals surface area contributed by atoms with Crippen molar-refractivity contribution in [2.24, 2.45) is 0 Å². The third kappa shape index (κ3) is 3.72. The molecule has 0 atom stereocenters. The molecule has 0 saturated carbocycles. The quantitative estimate of drug-likeness (QED) is 0.839. The SMILES string of the molecule is Nc1ccc(CNC(=O)c2cc(Cl)ccc2Br)cc1. The van der Waals surface area contributed by atoms with Crippen LogP contribution in [0.4, 0.5) is 5.69 Å². The Hall–Kier alpha value is -1.52. The molecule has 0 aliphatic rings. The van der Waals surface area contributed by atoms with Gasteiger partial charge in [-0.1, -0.05) is 23.7 Å². The normalized spacial score (nSPS) is 10.2. The van der Waals surface area contributed by atoms with E-state index in [1.165, 1.54) is 0 Å². The number of nitrogens with two attached hydrogens (primary N) is 1. The van der Waals surface area contributed by atoms with E-state index in [9.17, 15) is 4.79 Å². The number of carbonyl (C=O) groups is 1. The van der Waals surface area contributed by atoms with Crippen molar-refractivity contribution in [2.45, 2.75) is 6.54 Å². The molecular weight excluding hydrogens is 328 g/mol. The van der Waals surface area contributed by atoms with E-state index < -0.39 is 0 Å². The molecule has 0 heterocycles. The van der Waals surface area contributed by atoms with Gasteiger partial charge in [0.1, 0.15) is 0 Å². The molecule has 98 valence electrons. The molecule has 0 bridgehead atoms. The summed E-state index contributed by atoms with van der Waals surface area (Å²) in [6, 6.07) is 12.5. The van der Waals surface area contributed by atoms with Crippen LogP contribution in [0.15, 0.2) is 46.9 Å². The van der Waals surface area contributed by atoms with E-state index in [1.54, 1.807) is 30.3 Å². The average Bonchev–Trinajstić information content (AvgIpc) is 2.40. The lowest BCUT2D eigenvalue weighted by Crippen LogP contribution is -2.23. The summed E-state index contributed by atoms with van der Waals surface area (Å²) < 4.78 is 0.715. The fraction of sp³-hybridized carbons (Fsp3) is 0.0714. The molecule has 5 heteroatoms. The van der Waals surface area contributed by atoms with Crippen molar-refractivity contribution in [2.75, 3.05) is 5.73 Å². The van der Waals surface area contributed by atoms with E-state index in [2.05, 4.69) is 21.2 Å². The Kier molecular flexibility index (Phi) is 4.45. The topological polar surface area (TPSA) is 55.1 Å². The molecule has 2 aromatic carbocycles. The Bertz CT molecular complexity index is 599. The monoisotopic (exact) mass is 338 g/mol. The van der Waals surface area contributed by atoms with Gasteiger partial charge in [-0.25, -0.2) is 0 Å². The zero-order chi connectivity index (χ0) is 13.8. The largest absolute Gasteiger partial charge is 0.399 e. The molecule has 0 aliphatic carbocycles. The van der Waals surface area contributed by atoms with Gasteiger partial charge in [0.2, 0.25) is 0 Å². The molecule has 0 aromatic heterocycles. The molecular formula is C14H12BrClN2O. The van der Waals surface area contributed by atoms with Gasteiger partial charge in [0.05, 0.1) is 5.56 Å². The maximum absolute atomic E-state index is 12.0. The standard InChI is InChI=1S/C14H12BrClN2O/c15-13-6-3-10(16)7-12(13)14(19)18-8-9-1-4-11(17)5-2-9/h1-7H,8,17H2,(H,18,19). The number of nitrogen functional groups attached to an aromatic ring is 1. The molecule has 2 aromatic rings. The van der Waals surface area contributed by atoms with Gasteiger partial charge in [0, 0.05) is 21.7 Å². The van der Waals surface area contributed by atoms with Gasteiger partial charge in [-0.3, -0.25) is 4.79 Å². The van der Waals surface area contributed by atoms with Crippen molar-refractivity contribution in [3.05, 3.63) is 63.1 Å². The highest BCUT2D eigenvalue weighted by Gasteiger charge is 2.10. The summed E-state index contributed by atoms with van der Waals surface area (Å²) in [5, 5.41) is 3.36. The number of hydrogen-bond donors (Lipinski definition) is 2. The van der Waals surface area contributed by atoms with Crippen molar-refractivity contribution in [3.63, 3.8) is 0 Å². The Morgan fingerprint density at radius 2 is 1.89 bits per heavy atom. The van der Waals surface area contributed by atoms with Crippen LogP contribution in [0.5, 0.6) is 0 Å². The lowest BCUT2D eigenvalue weighted by atomic mass is 10.2. The van der Waals surface area contributed by atoms with Crippen LogP contribution in [-0.4, -0.2) is 5.91 Å². The van der Waals surface area contributed by atoms with E-state index in [4.69, 9.17) is 17.3 Å². The van der Waals surface area contributed by atoms with Crippen LogP contribution < -0.4 is 11.1 Å². The van der Waals surface area contributed by atoms with Gasteiger partial charge in [-0.2, -0.15) is 0 Å². The zero-order valence-corrected chi connectivity index (χ0v) is 12.3. The van der Waals surface area contributed by atoms with Gasteiger partial charge >= 0.3 is 0 Å². The van der Waals surface area contributed by atoms with Crippen LogP contribution in [0, 0.1) is 0 Å². The molecule has 0 unspecified atom stereocenters. The minimum absolute atomic E-state index is 0.175. The van der Waals surface area contributed by atoms with Gasteiger partial charge in [0.15, 0.2) is 0 Å². The van der Waals surface area contributed by atoms with Gasteiger partial charge in [-0.15, -0.1) is 0 Å². The van der Waals surface area contributed by atoms with Gasteiger partial charge in [-0.05, 0) is 51.8 Å². The Labute approximate surface area is 124 Å². The van der Waals surface area contributed by atoms with E-state index in [-0.39, 0.29) is 5.91 Å². The number of benzene rings is 2. The summed E-state index contributed by atoms with van der Waals surface area (Å²) in [4.78, 5) is 12.0. The molecule has 3 N–H and O–H groups in total. The number of rotatable bonds is 3. The first-order chi connectivity index (χ1) is 9.06. The number of halogens is 2. The first-order valence-electron chi connectivity index (χ1n) is 5.64. The predicted molar refractivity (Wildman–Crippen MR) is 81.2 cm³/mol. The van der Waals surface area contributed by atoms with Crippen molar-refractivity contribution in [1.29, 1.82) is 0 Å². The van der Waals surface area contributed by atoms with Crippen LogP contribution >= 0.6 is 27.5 Å². The minimum atomic E-state index is -0.175. The number of carbonyl (C=O) groups excluding carboxylic acids is 1. The fourth-order valence-corrected chi connectivity index (χ4v) is 2.18. The summed E-state index contributed by atoms with van der Waals surface area (Å²) >= 11 is 9.21. The van der Waals surface area contributed by atoms with Crippen LogP contribution in [-0.2, 0) is 6.54 Å². The Morgan fingerprint density at radius 3 is 2.58 bits per heavy atom. The van der Waals surface area contributed by atoms with E-state index >= 15 is 0 Å². The summed E-state index contributed by atoms with van der Waals surface area (Å²) in [5.74, 6) is -0.175. The molecule has 0 spiro atoms. The van der Waals surface area contributed by atoms with Gasteiger partial charge in [0.25, 0.3) is 5.91 Å². The number of hydrogen-bond acceptors (Lipinski definition) is 2. The fourth-order valence-electron chi connectivity index (χ4n) is 1.58. The lowest BCUT2D eigenvalue weighted by Gasteiger charge is -2.07. The summed E-state index contributed by atoms with van der Waals surface area (Å²) in [6.07, 6.45) is 0. The molecule has 0 fully saturated rings. The average molecular weight is 340 g/mol. The van der Waals surface area contributed by atoms with E-state index in [0.29, 0.717) is 27.3 Å². The third-order valence-corrected chi connectivity index (χ3v) is 3.53. The summed E-state index contributed by atoms with van der Waals surface area (Å²) in [5.41, 5.74) is 7.81. The number of anilines is 1. The Balaban J connectivity index is 2.05. The molecule has 1 amide bonds. The van der Waals surface area contributed by atoms with Crippen molar-refractivity contribution >= 4 is 39.1 Å². The van der Waals surface area contributed by atoms with Crippen molar-refractivity contribution in [3.8, 4) is 0 Å². The van der Waals surface area contributed by atoms with Crippen LogP contribution in [0.25, 0.3) is 0 Å². The van der Waals surface area contributed by atoms with Crippen LogP contribution in [0.2, 0.25) is 5.02 Å². The number of amides is 1. The van der Waals surface area contributed by atoms with Crippen LogP contribution in [0.1, 0.15) is 15.9 Å². The van der Waals surface area contributed by atoms with E-state index in [0.717, 1.165) is 5.56 Å². The van der Waals surface area contributed by atoms with Gasteiger partial charge < -0.3 is 11.1 Å². The second-order valence-corrected chi connectivity index (χ2v) is 5.34. The van der Waals surface area contributed by atoms with Crippen LogP contribution in [0.3, 0.4) is 0 Å². The molecule has 3 nitrogen and oxygen atoms in total. The summed E-state index contributed by atoms with van der Waals surface area (Å²) in [7, 11) is 0. The third-order valence-electron chi connectivity index (χ3n) is 2.61. The number of nitrogens with one attached hydrogen (secondary N) is 1. The highest BCUT2D eigenvalue weighted by Crippen LogP contribution is 2.21. The maximum atomic E-state index is 12.0. The Morgan fingerprint density at radius 1 is 1.21 bits per heavy atom. The molecule has 0 saturated heterocycles. The lowest BCUT2D eigenvalue weighted by molar-refractivity contribution is 0.0950. The summed E-state index contributed by atoms with van der Waals surface area (Å²) in [6.45, 7) is 0.443. The van der Waals surface area contributed by atoms with Crippen molar-refractivity contribution < 1.29 is 4.79 Å². The highest BCUT2D eigenvalue weighted by molar-refractivity contribution is 9.10. The van der Waals surface area contributed by atoms with Crippen molar-refractivity contribution in [1.82, 2.24) is 5.32 Å². The first-order valence-corrected chi connectivity index (χ1v) is 6.81. The van der Waals surface area contributed by atoms with E-state index in [1.807, 2.05) is 12.1 Å². The molecule has 19 heavy (non-hydrogen) atoms. The molecule has 0 aliphatic heterocycles. The molecule has 0 radical (unpaired) electrons. The highest BCUT2D eigenvalue weighted by atomic mass is 79.9. The first kappa shape index (κ1) is 13.9. The minimum Gasteiger partial charge on any atom is -0.399 e. The smallest absolute Gasteiger partial charge is 0.252 e.